The van der Waals surface area contributed by atoms with E-state index in [9.17, 15) is 14.7 Å². The van der Waals surface area contributed by atoms with Crippen LogP contribution in [0.3, 0.4) is 0 Å². The maximum Gasteiger partial charge on any atom is 0.341 e. The summed E-state index contributed by atoms with van der Waals surface area (Å²) in [7, 11) is 0. The molecule has 1 aliphatic rings. The fraction of sp³-hybridized carbons (Fsp3) is 0.407. The lowest BCUT2D eigenvalue weighted by Crippen LogP contribution is -2.43. The van der Waals surface area contributed by atoms with Crippen LogP contribution in [0.5, 0.6) is 0 Å². The summed E-state index contributed by atoms with van der Waals surface area (Å²) in [6, 6.07) is 7.46. The van der Waals surface area contributed by atoms with Crippen LogP contribution in [0, 0.1) is 18.8 Å². The number of carboxylic acids is 1. The second-order valence-corrected chi connectivity index (χ2v) is 10.7. The number of anilines is 1. The van der Waals surface area contributed by atoms with Gasteiger partial charge in [0.05, 0.1) is 16.4 Å². The van der Waals surface area contributed by atoms with E-state index in [1.807, 2.05) is 62.6 Å². The summed E-state index contributed by atoms with van der Waals surface area (Å²) in [6.07, 6.45) is 9.15. The van der Waals surface area contributed by atoms with E-state index in [4.69, 9.17) is 0 Å². The van der Waals surface area contributed by atoms with Crippen LogP contribution >= 0.6 is 11.3 Å². The molecular weight excluding hydrogens is 460 g/mol. The molecule has 0 aliphatic heterocycles. The summed E-state index contributed by atoms with van der Waals surface area (Å²) in [4.78, 5) is 31.6. The number of nitrogens with zero attached hydrogens (tertiary/aromatic N) is 4. The van der Waals surface area contributed by atoms with Crippen LogP contribution in [0.1, 0.15) is 73.1 Å². The average molecular weight is 493 g/mol. The molecule has 7 nitrogen and oxygen atoms in total. The second-order valence-electron chi connectivity index (χ2n) is 9.59. The molecule has 0 unspecified atom stereocenters. The number of rotatable bonds is 7. The number of aryl methyl sites for hydroxylation is 1. The van der Waals surface area contributed by atoms with Gasteiger partial charge in [0.25, 0.3) is 0 Å². The van der Waals surface area contributed by atoms with Crippen molar-refractivity contribution in [1.82, 2.24) is 14.8 Å². The molecule has 184 valence electrons. The second kappa shape index (κ2) is 10.6. The number of amides is 1. The van der Waals surface area contributed by atoms with Crippen molar-refractivity contribution < 1.29 is 14.7 Å². The van der Waals surface area contributed by atoms with Gasteiger partial charge in [0.15, 0.2) is 5.82 Å². The topological polar surface area (TPSA) is 88.3 Å². The zero-order chi connectivity index (χ0) is 25.1. The van der Waals surface area contributed by atoms with Gasteiger partial charge < -0.3 is 5.11 Å². The molecule has 0 spiro atoms. The Morgan fingerprint density at radius 2 is 1.83 bits per heavy atom. The number of thiazole rings is 1. The van der Waals surface area contributed by atoms with E-state index in [1.54, 1.807) is 20.9 Å². The molecular formula is C27H32N4O3S. The monoisotopic (exact) mass is 492 g/mol. The van der Waals surface area contributed by atoms with Gasteiger partial charge in [-0.1, -0.05) is 25.1 Å². The first kappa shape index (κ1) is 24.9. The molecule has 2 aromatic heterocycles. The highest BCUT2D eigenvalue weighted by atomic mass is 32.1. The van der Waals surface area contributed by atoms with Crippen LogP contribution in [0.15, 0.2) is 35.8 Å². The number of carbonyl (C=O) groups excluding carboxylic acids is 1. The minimum atomic E-state index is -1.10. The van der Waals surface area contributed by atoms with Crippen molar-refractivity contribution in [2.24, 2.45) is 11.8 Å². The Hall–Kier alpha value is -3.26. The zero-order valence-electron chi connectivity index (χ0n) is 20.6. The first-order chi connectivity index (χ1) is 16.7. The van der Waals surface area contributed by atoms with Gasteiger partial charge in [-0.25, -0.2) is 14.5 Å². The first-order valence-electron chi connectivity index (χ1n) is 12.1. The molecule has 35 heavy (non-hydrogen) atoms. The molecule has 1 amide bonds. The van der Waals surface area contributed by atoms with Crippen LogP contribution in [0.4, 0.5) is 5.82 Å². The third-order valence-electron chi connectivity index (χ3n) is 6.51. The predicted octanol–water partition coefficient (Wildman–Crippen LogP) is 6.07. The normalized spacial score (nSPS) is 18.3. The van der Waals surface area contributed by atoms with Crippen LogP contribution in [0.25, 0.3) is 17.8 Å². The Morgan fingerprint density at radius 3 is 2.40 bits per heavy atom. The third kappa shape index (κ3) is 5.70. The minimum Gasteiger partial charge on any atom is -0.477 e. The van der Waals surface area contributed by atoms with Crippen molar-refractivity contribution in [2.45, 2.75) is 59.4 Å². The van der Waals surface area contributed by atoms with E-state index in [0.717, 1.165) is 47.6 Å². The van der Waals surface area contributed by atoms with E-state index in [-0.39, 0.29) is 29.2 Å². The van der Waals surface area contributed by atoms with Crippen molar-refractivity contribution in [3.8, 4) is 5.69 Å². The summed E-state index contributed by atoms with van der Waals surface area (Å²) in [6.45, 7) is 7.99. The molecule has 1 aliphatic carbocycles. The van der Waals surface area contributed by atoms with Crippen molar-refractivity contribution in [3.05, 3.63) is 57.7 Å². The highest BCUT2D eigenvalue weighted by molar-refractivity contribution is 7.09. The summed E-state index contributed by atoms with van der Waals surface area (Å²) in [5, 5.41) is 17.5. The van der Waals surface area contributed by atoms with Gasteiger partial charge in [0, 0.05) is 23.5 Å². The Bertz CT molecular complexity index is 1220. The van der Waals surface area contributed by atoms with Gasteiger partial charge in [-0.15, -0.1) is 16.4 Å². The molecule has 0 atom stereocenters. The number of hydrogen-bond acceptors (Lipinski definition) is 5. The van der Waals surface area contributed by atoms with Gasteiger partial charge in [0.2, 0.25) is 5.91 Å². The van der Waals surface area contributed by atoms with E-state index in [0.29, 0.717) is 5.92 Å². The van der Waals surface area contributed by atoms with Crippen molar-refractivity contribution in [1.29, 1.82) is 0 Å². The van der Waals surface area contributed by atoms with Gasteiger partial charge in [0.1, 0.15) is 5.56 Å². The van der Waals surface area contributed by atoms with Crippen molar-refractivity contribution in [3.63, 3.8) is 0 Å². The summed E-state index contributed by atoms with van der Waals surface area (Å²) < 4.78 is 1.54. The number of aromatic carboxylic acids is 1. The van der Waals surface area contributed by atoms with Gasteiger partial charge >= 0.3 is 5.97 Å². The lowest BCUT2D eigenvalue weighted by atomic mass is 9.82. The van der Waals surface area contributed by atoms with Crippen LogP contribution in [-0.4, -0.2) is 37.8 Å². The summed E-state index contributed by atoms with van der Waals surface area (Å²) in [5.41, 5.74) is 2.67. The van der Waals surface area contributed by atoms with Crippen LogP contribution < -0.4 is 4.90 Å². The Kier molecular flexibility index (Phi) is 7.50. The SMILES string of the molecule is Cc1nc(C=Cc2ccc(-n3cc(C(=O)O)c(N(C(=O)C4CCC(C)CC4)C(C)C)n3)cc2)cs1. The fourth-order valence-electron chi connectivity index (χ4n) is 4.51. The van der Waals surface area contributed by atoms with Crippen LogP contribution in [-0.2, 0) is 4.79 Å². The third-order valence-corrected chi connectivity index (χ3v) is 7.30. The molecule has 1 saturated carbocycles. The fourth-order valence-corrected chi connectivity index (χ4v) is 5.09. The quantitative estimate of drug-likeness (QED) is 0.432. The molecule has 0 radical (unpaired) electrons. The van der Waals surface area contributed by atoms with Gasteiger partial charge in [-0.2, -0.15) is 0 Å². The van der Waals surface area contributed by atoms with Crippen molar-refractivity contribution in [2.75, 3.05) is 4.90 Å². The largest absolute Gasteiger partial charge is 0.477 e. The number of aromatic nitrogens is 3. The summed E-state index contributed by atoms with van der Waals surface area (Å²) in [5.74, 6) is -0.381. The molecule has 1 fully saturated rings. The Morgan fingerprint density at radius 1 is 1.14 bits per heavy atom. The molecule has 0 bridgehead atoms. The van der Waals surface area contributed by atoms with E-state index in [1.165, 1.54) is 6.20 Å². The minimum absolute atomic E-state index is 0.0269. The maximum atomic E-state index is 13.5. The smallest absolute Gasteiger partial charge is 0.341 e. The zero-order valence-corrected chi connectivity index (χ0v) is 21.5. The van der Waals surface area contributed by atoms with E-state index in [2.05, 4.69) is 17.0 Å². The highest BCUT2D eigenvalue weighted by Gasteiger charge is 2.34. The lowest BCUT2D eigenvalue weighted by molar-refractivity contribution is -0.123. The average Bonchev–Trinajstić information content (AvgIpc) is 3.45. The molecule has 1 N–H and O–H groups in total. The van der Waals surface area contributed by atoms with Crippen molar-refractivity contribution >= 4 is 41.2 Å². The number of carbonyl (C=O) groups is 2. The van der Waals surface area contributed by atoms with Gasteiger partial charge in [-0.05, 0) is 76.1 Å². The summed E-state index contributed by atoms with van der Waals surface area (Å²) >= 11 is 1.61. The molecule has 4 rings (SSSR count). The first-order valence-corrected chi connectivity index (χ1v) is 13.0. The Labute approximate surface area is 210 Å². The Balaban J connectivity index is 1.60. The molecule has 8 heteroatoms. The molecule has 2 heterocycles. The predicted molar refractivity (Wildman–Crippen MR) is 140 cm³/mol. The standard InChI is InChI=1S/C27H32N4O3S/c1-17(2)31(26(32)21-10-5-18(3)6-11-21)25-24(27(33)34)15-30(29-25)23-13-8-20(9-14-23)7-12-22-16-35-19(4)28-22/h7-9,12-18,21H,5-6,10-11H2,1-4H3,(H,33,34). The van der Waals surface area contributed by atoms with E-state index < -0.39 is 5.97 Å². The van der Waals surface area contributed by atoms with Crippen LogP contribution in [0.2, 0.25) is 0 Å². The molecule has 0 saturated heterocycles. The maximum absolute atomic E-state index is 13.5. The molecule has 3 aromatic rings. The number of carboxylic acid groups (broad SMARTS) is 1. The number of benzene rings is 1. The molecule has 1 aromatic carbocycles. The van der Waals surface area contributed by atoms with E-state index >= 15 is 0 Å². The lowest BCUT2D eigenvalue weighted by Gasteiger charge is -2.32. The number of hydrogen-bond donors (Lipinski definition) is 1. The van der Waals surface area contributed by atoms with Gasteiger partial charge in [-0.3, -0.25) is 9.69 Å². The highest BCUT2D eigenvalue weighted by Crippen LogP contribution is 2.32.